The molecule has 0 aromatic heterocycles. The summed E-state index contributed by atoms with van der Waals surface area (Å²) in [4.78, 5) is 13.4. The first-order chi connectivity index (χ1) is 14.7. The van der Waals surface area contributed by atoms with Gasteiger partial charge in [-0.1, -0.05) is 51.1 Å². The maximum Gasteiger partial charge on any atom is 0.325 e. The van der Waals surface area contributed by atoms with Gasteiger partial charge in [0.25, 0.3) is 0 Å². The van der Waals surface area contributed by atoms with Crippen molar-refractivity contribution in [1.82, 2.24) is 4.31 Å². The maximum absolute atomic E-state index is 13.8. The summed E-state index contributed by atoms with van der Waals surface area (Å²) in [6.45, 7) is 11.3. The second-order valence-corrected chi connectivity index (χ2v) is 11.9. The van der Waals surface area contributed by atoms with E-state index in [-0.39, 0.29) is 16.9 Å². The molecule has 0 saturated carbocycles. The first kappa shape index (κ1) is 25.9. The van der Waals surface area contributed by atoms with Gasteiger partial charge in [-0.15, -0.1) is 0 Å². The minimum atomic E-state index is -4.02. The number of benzene rings is 2. The van der Waals surface area contributed by atoms with Crippen LogP contribution >= 0.6 is 0 Å². The number of ether oxygens (including phenoxy) is 2. The van der Waals surface area contributed by atoms with Gasteiger partial charge >= 0.3 is 5.97 Å². The molecule has 7 heteroatoms. The molecule has 0 amide bonds. The second-order valence-electron chi connectivity index (χ2n) is 10.0. The van der Waals surface area contributed by atoms with Crippen molar-refractivity contribution in [3.8, 4) is 5.75 Å². The zero-order chi connectivity index (χ0) is 24.2. The molecule has 2 rings (SSSR count). The molecule has 0 saturated heterocycles. The lowest BCUT2D eigenvalue weighted by Gasteiger charge is -2.35. The third-order valence-electron chi connectivity index (χ3n) is 4.68. The minimum Gasteiger partial charge on any atom is -0.497 e. The topological polar surface area (TPSA) is 72.9 Å². The average molecular weight is 462 g/mol. The Bertz CT molecular complexity index is 987. The van der Waals surface area contributed by atoms with Crippen LogP contribution in [0.3, 0.4) is 0 Å². The smallest absolute Gasteiger partial charge is 0.325 e. The molecular weight excluding hydrogens is 426 g/mol. The van der Waals surface area contributed by atoms with Crippen LogP contribution in [0.25, 0.3) is 0 Å². The quantitative estimate of drug-likeness (QED) is 0.516. The molecule has 0 aliphatic rings. The van der Waals surface area contributed by atoms with E-state index in [2.05, 4.69) is 0 Å². The summed E-state index contributed by atoms with van der Waals surface area (Å²) < 4.78 is 39.7. The van der Waals surface area contributed by atoms with E-state index >= 15 is 0 Å². The molecule has 0 radical (unpaired) electrons. The van der Waals surface area contributed by atoms with Gasteiger partial charge in [0, 0.05) is 6.54 Å². The van der Waals surface area contributed by atoms with Crippen LogP contribution in [-0.2, 0) is 26.1 Å². The lowest BCUT2D eigenvalue weighted by molar-refractivity contribution is -0.160. The minimum absolute atomic E-state index is 0.0508. The van der Waals surface area contributed by atoms with E-state index in [0.29, 0.717) is 12.2 Å². The molecule has 0 N–H and O–H groups in total. The van der Waals surface area contributed by atoms with Crippen LogP contribution < -0.4 is 4.74 Å². The number of carbonyl (C=O) groups excluding carboxylic acids is 1. The van der Waals surface area contributed by atoms with E-state index in [1.165, 1.54) is 23.5 Å². The summed E-state index contributed by atoms with van der Waals surface area (Å²) in [5.41, 5.74) is -0.270. The average Bonchev–Trinajstić information content (AvgIpc) is 2.69. The summed E-state index contributed by atoms with van der Waals surface area (Å²) in [6.07, 6.45) is 0.310. The third-order valence-corrected chi connectivity index (χ3v) is 6.55. The van der Waals surface area contributed by atoms with Crippen molar-refractivity contribution in [1.29, 1.82) is 0 Å². The van der Waals surface area contributed by atoms with Crippen LogP contribution in [0.1, 0.15) is 53.5 Å². The van der Waals surface area contributed by atoms with Gasteiger partial charge in [0.2, 0.25) is 10.0 Å². The van der Waals surface area contributed by atoms with Crippen LogP contribution in [0, 0.1) is 5.41 Å². The van der Waals surface area contributed by atoms with Crippen LogP contribution in [0.2, 0.25) is 0 Å². The molecule has 2 aromatic rings. The van der Waals surface area contributed by atoms with Gasteiger partial charge in [0.1, 0.15) is 17.4 Å². The van der Waals surface area contributed by atoms with Gasteiger partial charge in [0.05, 0.1) is 12.0 Å². The van der Waals surface area contributed by atoms with E-state index in [4.69, 9.17) is 9.47 Å². The Morgan fingerprint density at radius 3 is 1.97 bits per heavy atom. The summed E-state index contributed by atoms with van der Waals surface area (Å²) in [6, 6.07) is 14.5. The first-order valence-electron chi connectivity index (χ1n) is 10.7. The van der Waals surface area contributed by atoms with Gasteiger partial charge in [0.15, 0.2) is 0 Å². The lowest BCUT2D eigenvalue weighted by Crippen LogP contribution is -2.48. The zero-order valence-corrected chi connectivity index (χ0v) is 20.9. The number of sulfonamides is 1. The van der Waals surface area contributed by atoms with E-state index in [1.54, 1.807) is 32.9 Å². The van der Waals surface area contributed by atoms with Crippen molar-refractivity contribution in [2.75, 3.05) is 7.11 Å². The molecule has 0 aliphatic carbocycles. The molecule has 0 aliphatic heterocycles. The van der Waals surface area contributed by atoms with E-state index < -0.39 is 27.6 Å². The standard InChI is InChI=1S/C25H35NO5S/c1-24(2,3)17-22(23(27)31-25(4,5)6)26(18-19-11-9-8-10-12-19)32(28,29)21-15-13-20(30-7)14-16-21/h8-16,22H,17-18H2,1-7H3/t22-/m1/s1. The largest absolute Gasteiger partial charge is 0.497 e. The van der Waals surface area contributed by atoms with E-state index in [1.807, 2.05) is 51.1 Å². The Kier molecular flexibility index (Phi) is 8.12. The Hall–Kier alpha value is -2.38. The SMILES string of the molecule is COc1ccc(S(=O)(=O)N(Cc2ccccc2)[C@H](CC(C)(C)C)C(=O)OC(C)(C)C)cc1. The summed E-state index contributed by atoms with van der Waals surface area (Å²) in [5.74, 6) is -0.00242. The highest BCUT2D eigenvalue weighted by Crippen LogP contribution is 2.31. The molecule has 0 bridgehead atoms. The first-order valence-corrected chi connectivity index (χ1v) is 12.1. The molecule has 176 valence electrons. The predicted octanol–water partition coefficient (Wildman–Crippen LogP) is 5.03. The summed E-state index contributed by atoms with van der Waals surface area (Å²) in [7, 11) is -2.50. The van der Waals surface area contributed by atoms with Gasteiger partial charge in [-0.3, -0.25) is 4.79 Å². The molecule has 1 atom stereocenters. The monoisotopic (exact) mass is 461 g/mol. The molecule has 0 unspecified atom stereocenters. The van der Waals surface area contributed by atoms with Crippen LogP contribution in [-0.4, -0.2) is 37.4 Å². The van der Waals surface area contributed by atoms with Crippen molar-refractivity contribution < 1.29 is 22.7 Å². The van der Waals surface area contributed by atoms with E-state index in [9.17, 15) is 13.2 Å². The van der Waals surface area contributed by atoms with Crippen molar-refractivity contribution in [3.63, 3.8) is 0 Å². The van der Waals surface area contributed by atoms with Crippen molar-refractivity contribution >= 4 is 16.0 Å². The number of nitrogens with zero attached hydrogens (tertiary/aromatic N) is 1. The highest BCUT2D eigenvalue weighted by atomic mass is 32.2. The molecule has 6 nitrogen and oxygen atoms in total. The zero-order valence-electron chi connectivity index (χ0n) is 20.1. The van der Waals surface area contributed by atoms with Crippen LogP contribution in [0.4, 0.5) is 0 Å². The van der Waals surface area contributed by atoms with Gasteiger partial charge < -0.3 is 9.47 Å². The molecule has 0 spiro atoms. The Balaban J connectivity index is 2.60. The van der Waals surface area contributed by atoms with Gasteiger partial charge in [-0.05, 0) is 62.4 Å². The summed E-state index contributed by atoms with van der Waals surface area (Å²) in [5, 5.41) is 0. The van der Waals surface area contributed by atoms with Gasteiger partial charge in [-0.2, -0.15) is 4.31 Å². The summed E-state index contributed by atoms with van der Waals surface area (Å²) >= 11 is 0. The second kappa shape index (κ2) is 10.0. The van der Waals surface area contributed by atoms with Crippen LogP contribution in [0.15, 0.2) is 59.5 Å². The molecule has 0 heterocycles. The highest BCUT2D eigenvalue weighted by Gasteiger charge is 2.40. The van der Waals surface area contributed by atoms with Gasteiger partial charge in [-0.25, -0.2) is 8.42 Å². The molecule has 2 aromatic carbocycles. The Labute approximate surface area is 192 Å². The molecule has 32 heavy (non-hydrogen) atoms. The number of esters is 1. The molecular formula is C25H35NO5S. The normalized spacial score (nSPS) is 13.6. The van der Waals surface area contributed by atoms with Crippen molar-refractivity contribution in [3.05, 3.63) is 60.2 Å². The number of carbonyl (C=O) groups is 1. The predicted molar refractivity (Wildman–Crippen MR) is 126 cm³/mol. The maximum atomic E-state index is 13.8. The van der Waals surface area contributed by atoms with Crippen molar-refractivity contribution in [2.24, 2.45) is 5.41 Å². The Morgan fingerprint density at radius 1 is 0.938 bits per heavy atom. The Morgan fingerprint density at radius 2 is 1.50 bits per heavy atom. The fraction of sp³-hybridized carbons (Fsp3) is 0.480. The fourth-order valence-corrected chi connectivity index (χ4v) is 4.83. The molecule has 0 fully saturated rings. The number of methoxy groups -OCH3 is 1. The third kappa shape index (κ3) is 7.35. The fourth-order valence-electron chi connectivity index (χ4n) is 3.26. The van der Waals surface area contributed by atoms with Crippen LogP contribution in [0.5, 0.6) is 5.75 Å². The lowest BCUT2D eigenvalue weighted by atomic mass is 9.88. The van der Waals surface area contributed by atoms with E-state index in [0.717, 1.165) is 5.56 Å². The van der Waals surface area contributed by atoms with Crippen molar-refractivity contribution in [2.45, 2.75) is 71.0 Å². The highest BCUT2D eigenvalue weighted by molar-refractivity contribution is 7.89. The number of rotatable bonds is 8. The number of hydrogen-bond donors (Lipinski definition) is 0. The number of hydrogen-bond acceptors (Lipinski definition) is 5.